The van der Waals surface area contributed by atoms with Crippen LogP contribution in [0.2, 0.25) is 0 Å². The predicted molar refractivity (Wildman–Crippen MR) is 69.0 cm³/mol. The minimum absolute atomic E-state index is 1.06. The molecule has 2 aromatic rings. The van der Waals surface area contributed by atoms with Gasteiger partial charge in [0.05, 0.1) is 5.52 Å². The standard InChI is InChI=1S/C9H7N.C3H6.C2H6/c1-2-6-9-8(4-1)5-3-7-10-9;1-3-2;1-2/h1-7H;3H,1H2,2H3;1-2H3. The summed E-state index contributed by atoms with van der Waals surface area (Å²) in [6.45, 7) is 9.25. The van der Waals surface area contributed by atoms with Gasteiger partial charge in [0.2, 0.25) is 0 Å². The lowest BCUT2D eigenvalue weighted by molar-refractivity contribution is 1.41. The summed E-state index contributed by atoms with van der Waals surface area (Å²) in [5.74, 6) is 0. The van der Waals surface area contributed by atoms with Crippen molar-refractivity contribution in [1.29, 1.82) is 0 Å². The van der Waals surface area contributed by atoms with E-state index < -0.39 is 0 Å². The summed E-state index contributed by atoms with van der Waals surface area (Å²) < 4.78 is 0. The highest BCUT2D eigenvalue weighted by Gasteiger charge is 1.86. The van der Waals surface area contributed by atoms with Crippen molar-refractivity contribution in [2.45, 2.75) is 20.8 Å². The maximum atomic E-state index is 4.18. The number of hydrogen-bond acceptors (Lipinski definition) is 1. The molecule has 2 rings (SSSR count). The number of fused-ring (bicyclic) bond motifs is 1. The molecule has 0 atom stereocenters. The van der Waals surface area contributed by atoms with Crippen LogP contribution in [0.15, 0.2) is 55.3 Å². The summed E-state index contributed by atoms with van der Waals surface area (Å²) in [5, 5.41) is 1.20. The number of rotatable bonds is 0. The fourth-order valence-corrected chi connectivity index (χ4v) is 1.02. The first-order chi connectivity index (χ1) is 7.38. The van der Waals surface area contributed by atoms with Crippen LogP contribution >= 0.6 is 0 Å². The second kappa shape index (κ2) is 8.95. The van der Waals surface area contributed by atoms with Crippen molar-refractivity contribution in [1.82, 2.24) is 4.98 Å². The molecule has 1 heterocycles. The van der Waals surface area contributed by atoms with Crippen LogP contribution < -0.4 is 0 Å². The van der Waals surface area contributed by atoms with Gasteiger partial charge in [-0.2, -0.15) is 0 Å². The zero-order valence-electron chi connectivity index (χ0n) is 9.77. The Hall–Kier alpha value is -1.63. The monoisotopic (exact) mass is 201 g/mol. The third kappa shape index (κ3) is 4.96. The molecule has 15 heavy (non-hydrogen) atoms. The maximum absolute atomic E-state index is 4.18. The van der Waals surface area contributed by atoms with Crippen LogP contribution in [0.3, 0.4) is 0 Å². The van der Waals surface area contributed by atoms with Gasteiger partial charge in [-0.1, -0.05) is 44.2 Å². The quantitative estimate of drug-likeness (QED) is 0.574. The maximum Gasteiger partial charge on any atom is 0.0701 e. The smallest absolute Gasteiger partial charge is 0.0701 e. The Balaban J connectivity index is 0.000000342. The number of aromatic nitrogens is 1. The summed E-state index contributed by atoms with van der Waals surface area (Å²) in [4.78, 5) is 4.18. The number of hydrogen-bond donors (Lipinski definition) is 0. The van der Waals surface area contributed by atoms with E-state index in [4.69, 9.17) is 0 Å². The van der Waals surface area contributed by atoms with E-state index in [0.717, 1.165) is 5.52 Å². The third-order valence-corrected chi connectivity index (χ3v) is 1.51. The first-order valence-corrected chi connectivity index (χ1v) is 5.25. The number of para-hydroxylation sites is 1. The molecule has 1 aromatic heterocycles. The largest absolute Gasteiger partial charge is 0.256 e. The van der Waals surface area contributed by atoms with Gasteiger partial charge in [-0.05, 0) is 19.1 Å². The van der Waals surface area contributed by atoms with E-state index in [1.54, 1.807) is 6.08 Å². The topological polar surface area (TPSA) is 12.9 Å². The molecule has 0 radical (unpaired) electrons. The molecule has 0 fully saturated rings. The van der Waals surface area contributed by atoms with Gasteiger partial charge >= 0.3 is 0 Å². The van der Waals surface area contributed by atoms with Crippen molar-refractivity contribution in [3.8, 4) is 0 Å². The van der Waals surface area contributed by atoms with Crippen LogP contribution in [0.4, 0.5) is 0 Å². The van der Waals surface area contributed by atoms with Crippen molar-refractivity contribution in [2.75, 3.05) is 0 Å². The molecular formula is C14H19N. The molecule has 80 valence electrons. The molecule has 0 saturated carbocycles. The summed E-state index contributed by atoms with van der Waals surface area (Å²) in [5.41, 5.74) is 1.06. The van der Waals surface area contributed by atoms with E-state index in [0.29, 0.717) is 0 Å². The van der Waals surface area contributed by atoms with Crippen molar-refractivity contribution < 1.29 is 0 Å². The van der Waals surface area contributed by atoms with Crippen molar-refractivity contribution in [3.63, 3.8) is 0 Å². The van der Waals surface area contributed by atoms with Crippen LogP contribution in [0.25, 0.3) is 10.9 Å². The van der Waals surface area contributed by atoms with Gasteiger partial charge in [0.1, 0.15) is 0 Å². The molecule has 0 aliphatic carbocycles. The van der Waals surface area contributed by atoms with Crippen molar-refractivity contribution >= 4 is 10.9 Å². The first kappa shape index (κ1) is 13.4. The lowest BCUT2D eigenvalue weighted by Gasteiger charge is -1.91. The van der Waals surface area contributed by atoms with Gasteiger partial charge in [-0.25, -0.2) is 0 Å². The predicted octanol–water partition coefficient (Wildman–Crippen LogP) is 4.45. The Morgan fingerprint density at radius 2 is 1.60 bits per heavy atom. The number of pyridine rings is 1. The SMILES string of the molecule is C=CC.CC.c1ccc2ncccc2c1. The van der Waals surface area contributed by atoms with E-state index in [-0.39, 0.29) is 0 Å². The molecular weight excluding hydrogens is 182 g/mol. The Bertz CT molecular complexity index is 314. The molecule has 0 aliphatic rings. The minimum atomic E-state index is 1.06. The van der Waals surface area contributed by atoms with Crippen LogP contribution in [-0.2, 0) is 0 Å². The fourth-order valence-electron chi connectivity index (χ4n) is 1.02. The normalized spacial score (nSPS) is 7.93. The first-order valence-electron chi connectivity index (χ1n) is 5.25. The van der Waals surface area contributed by atoms with Gasteiger partial charge in [0, 0.05) is 11.6 Å². The summed E-state index contributed by atoms with van der Waals surface area (Å²) in [7, 11) is 0. The highest BCUT2D eigenvalue weighted by atomic mass is 14.6. The van der Waals surface area contributed by atoms with Crippen molar-refractivity contribution in [2.24, 2.45) is 0 Å². The second-order valence-corrected chi connectivity index (χ2v) is 2.60. The molecule has 1 nitrogen and oxygen atoms in total. The van der Waals surface area contributed by atoms with E-state index in [1.165, 1.54) is 5.39 Å². The molecule has 1 aromatic carbocycles. The number of allylic oxidation sites excluding steroid dienone is 1. The molecule has 0 aliphatic heterocycles. The molecule has 0 unspecified atom stereocenters. The average molecular weight is 201 g/mol. The Kier molecular flexibility index (Phi) is 7.97. The van der Waals surface area contributed by atoms with Gasteiger partial charge in [0.15, 0.2) is 0 Å². The zero-order chi connectivity index (χ0) is 11.5. The third-order valence-electron chi connectivity index (χ3n) is 1.51. The van der Waals surface area contributed by atoms with Crippen LogP contribution in [0.5, 0.6) is 0 Å². The van der Waals surface area contributed by atoms with Crippen LogP contribution in [0.1, 0.15) is 20.8 Å². The van der Waals surface area contributed by atoms with Crippen molar-refractivity contribution in [3.05, 3.63) is 55.3 Å². The Morgan fingerprint density at radius 3 is 2.20 bits per heavy atom. The zero-order valence-corrected chi connectivity index (χ0v) is 9.77. The Labute approximate surface area is 92.5 Å². The molecule has 0 spiro atoms. The second-order valence-electron chi connectivity index (χ2n) is 2.60. The molecule has 0 amide bonds. The van der Waals surface area contributed by atoms with Crippen LogP contribution in [-0.4, -0.2) is 4.98 Å². The molecule has 0 N–H and O–H groups in total. The number of benzene rings is 1. The highest BCUT2D eigenvalue weighted by Crippen LogP contribution is 2.07. The van der Waals surface area contributed by atoms with E-state index in [1.807, 2.05) is 51.2 Å². The Morgan fingerprint density at radius 1 is 1.07 bits per heavy atom. The molecule has 0 bridgehead atoms. The highest BCUT2D eigenvalue weighted by molar-refractivity contribution is 5.77. The number of nitrogens with zero attached hydrogens (tertiary/aromatic N) is 1. The van der Waals surface area contributed by atoms with Gasteiger partial charge in [-0.3, -0.25) is 4.98 Å². The minimum Gasteiger partial charge on any atom is -0.256 e. The summed E-state index contributed by atoms with van der Waals surface area (Å²) in [6, 6.07) is 12.1. The van der Waals surface area contributed by atoms with Gasteiger partial charge in [0.25, 0.3) is 0 Å². The van der Waals surface area contributed by atoms with E-state index in [2.05, 4.69) is 23.7 Å². The summed E-state index contributed by atoms with van der Waals surface area (Å²) >= 11 is 0. The van der Waals surface area contributed by atoms with E-state index in [9.17, 15) is 0 Å². The molecule has 0 saturated heterocycles. The lowest BCUT2D eigenvalue weighted by Crippen LogP contribution is -1.73. The van der Waals surface area contributed by atoms with E-state index >= 15 is 0 Å². The summed E-state index contributed by atoms with van der Waals surface area (Å²) in [6.07, 6.45) is 3.56. The van der Waals surface area contributed by atoms with Crippen LogP contribution in [0, 0.1) is 0 Å². The fraction of sp³-hybridized carbons (Fsp3) is 0.214. The van der Waals surface area contributed by atoms with Gasteiger partial charge < -0.3 is 0 Å². The lowest BCUT2D eigenvalue weighted by atomic mass is 10.2. The van der Waals surface area contributed by atoms with Gasteiger partial charge in [-0.15, -0.1) is 6.58 Å². The average Bonchev–Trinajstić information content (AvgIpc) is 2.33. The molecule has 1 heteroatoms.